The Bertz CT molecular complexity index is 383. The summed E-state index contributed by atoms with van der Waals surface area (Å²) in [5.41, 5.74) is 1.72. The van der Waals surface area contributed by atoms with Gasteiger partial charge in [-0.2, -0.15) is 0 Å². The number of rotatable bonds is 2. The van der Waals surface area contributed by atoms with Gasteiger partial charge in [0.1, 0.15) is 0 Å². The second-order valence-electron chi connectivity index (χ2n) is 6.50. The first-order chi connectivity index (χ1) is 8.34. The molecular weight excluding hydrogens is 242 g/mol. The third kappa shape index (κ3) is 3.56. The van der Waals surface area contributed by atoms with Crippen molar-refractivity contribution in [2.75, 3.05) is 13.1 Å². The molecule has 0 unspecified atom stereocenters. The van der Waals surface area contributed by atoms with Crippen molar-refractivity contribution < 1.29 is 4.74 Å². The summed E-state index contributed by atoms with van der Waals surface area (Å²) in [5.74, 6) is 0. The minimum Gasteiger partial charge on any atom is -0.373 e. The minimum absolute atomic E-state index is 0.264. The van der Waals surface area contributed by atoms with Crippen LogP contribution in [0.25, 0.3) is 0 Å². The Morgan fingerprint density at radius 2 is 1.89 bits per heavy atom. The summed E-state index contributed by atoms with van der Waals surface area (Å²) in [6.07, 6.45) is 0.714. The molecule has 1 saturated heterocycles. The maximum Gasteiger partial charge on any atom is 0.0678 e. The summed E-state index contributed by atoms with van der Waals surface area (Å²) in [7, 11) is 0. The van der Waals surface area contributed by atoms with Crippen molar-refractivity contribution in [1.82, 2.24) is 4.90 Å². The largest absolute Gasteiger partial charge is 0.373 e. The highest BCUT2D eigenvalue weighted by molar-refractivity contribution is 7.10. The lowest BCUT2D eigenvalue weighted by Crippen LogP contribution is -2.44. The maximum atomic E-state index is 5.78. The van der Waals surface area contributed by atoms with Crippen molar-refractivity contribution in [2.45, 2.75) is 58.8 Å². The van der Waals surface area contributed by atoms with Crippen LogP contribution >= 0.6 is 11.3 Å². The molecule has 1 aliphatic heterocycles. The average molecular weight is 267 g/mol. The molecule has 0 saturated carbocycles. The predicted molar refractivity (Wildman–Crippen MR) is 78.3 cm³/mol. The van der Waals surface area contributed by atoms with E-state index in [-0.39, 0.29) is 5.41 Å². The van der Waals surface area contributed by atoms with Gasteiger partial charge in [0.25, 0.3) is 0 Å². The third-order valence-electron chi connectivity index (χ3n) is 3.39. The summed E-state index contributed by atoms with van der Waals surface area (Å²) < 4.78 is 5.78. The van der Waals surface area contributed by atoms with Crippen molar-refractivity contribution in [2.24, 2.45) is 0 Å². The van der Waals surface area contributed by atoms with Crippen molar-refractivity contribution in [1.29, 1.82) is 0 Å². The molecule has 18 heavy (non-hydrogen) atoms. The Hall–Kier alpha value is -0.380. The molecule has 0 amide bonds. The summed E-state index contributed by atoms with van der Waals surface area (Å²) in [6.45, 7) is 14.3. The molecule has 102 valence electrons. The lowest BCUT2D eigenvalue weighted by molar-refractivity contribution is -0.0702. The van der Waals surface area contributed by atoms with Gasteiger partial charge in [-0.05, 0) is 36.3 Å². The molecule has 2 atom stereocenters. The van der Waals surface area contributed by atoms with Gasteiger partial charge < -0.3 is 4.74 Å². The molecule has 0 aliphatic carbocycles. The highest BCUT2D eigenvalue weighted by atomic mass is 32.1. The van der Waals surface area contributed by atoms with Gasteiger partial charge >= 0.3 is 0 Å². The SMILES string of the molecule is C[C@@H]1CN(Cc2cc(C(C)(C)C)cs2)C[C@H](C)O1. The van der Waals surface area contributed by atoms with Crippen LogP contribution in [-0.2, 0) is 16.7 Å². The zero-order valence-electron chi connectivity index (χ0n) is 12.2. The first kappa shape index (κ1) is 14.0. The Kier molecular flexibility index (Phi) is 4.15. The zero-order chi connectivity index (χ0) is 13.3. The van der Waals surface area contributed by atoms with E-state index in [1.807, 2.05) is 11.3 Å². The molecule has 1 aromatic rings. The van der Waals surface area contributed by atoms with Crippen LogP contribution in [0, 0.1) is 0 Å². The quantitative estimate of drug-likeness (QED) is 0.811. The number of ether oxygens (including phenoxy) is 1. The van der Waals surface area contributed by atoms with E-state index in [2.05, 4.69) is 51.0 Å². The van der Waals surface area contributed by atoms with Crippen LogP contribution < -0.4 is 0 Å². The Morgan fingerprint density at radius 3 is 2.39 bits per heavy atom. The third-order valence-corrected chi connectivity index (χ3v) is 4.32. The number of thiophene rings is 1. The van der Waals surface area contributed by atoms with E-state index < -0.39 is 0 Å². The van der Waals surface area contributed by atoms with Crippen LogP contribution in [0.4, 0.5) is 0 Å². The number of morpholine rings is 1. The molecule has 2 rings (SSSR count). The van der Waals surface area contributed by atoms with E-state index in [4.69, 9.17) is 4.74 Å². The molecule has 0 N–H and O–H groups in total. The van der Waals surface area contributed by atoms with Crippen LogP contribution in [0.15, 0.2) is 11.4 Å². The van der Waals surface area contributed by atoms with E-state index in [0.717, 1.165) is 19.6 Å². The summed E-state index contributed by atoms with van der Waals surface area (Å²) in [6, 6.07) is 2.37. The molecule has 0 radical (unpaired) electrons. The van der Waals surface area contributed by atoms with E-state index >= 15 is 0 Å². The maximum absolute atomic E-state index is 5.78. The van der Waals surface area contributed by atoms with Crippen LogP contribution in [0.1, 0.15) is 45.1 Å². The Labute approximate surface area is 115 Å². The second kappa shape index (κ2) is 5.32. The molecule has 0 bridgehead atoms. The minimum atomic E-state index is 0.264. The molecule has 1 aromatic heterocycles. The topological polar surface area (TPSA) is 12.5 Å². The van der Waals surface area contributed by atoms with Crippen LogP contribution in [-0.4, -0.2) is 30.2 Å². The van der Waals surface area contributed by atoms with Gasteiger partial charge in [-0.25, -0.2) is 0 Å². The van der Waals surface area contributed by atoms with Crippen LogP contribution in [0.2, 0.25) is 0 Å². The van der Waals surface area contributed by atoms with Gasteiger partial charge in [-0.3, -0.25) is 4.90 Å². The van der Waals surface area contributed by atoms with Gasteiger partial charge in [-0.1, -0.05) is 20.8 Å². The molecule has 0 aromatic carbocycles. The van der Waals surface area contributed by atoms with Gasteiger partial charge in [0, 0.05) is 24.5 Å². The van der Waals surface area contributed by atoms with Gasteiger partial charge in [0.15, 0.2) is 0 Å². The Morgan fingerprint density at radius 1 is 1.28 bits per heavy atom. The fourth-order valence-electron chi connectivity index (χ4n) is 2.49. The van der Waals surface area contributed by atoms with E-state index in [1.54, 1.807) is 0 Å². The van der Waals surface area contributed by atoms with Crippen molar-refractivity contribution in [3.05, 3.63) is 21.9 Å². The summed E-state index contributed by atoms with van der Waals surface area (Å²) in [4.78, 5) is 3.98. The lowest BCUT2D eigenvalue weighted by atomic mass is 9.89. The first-order valence-corrected chi connectivity index (χ1v) is 7.68. The number of hydrogen-bond acceptors (Lipinski definition) is 3. The van der Waals surface area contributed by atoms with E-state index in [0.29, 0.717) is 12.2 Å². The monoisotopic (exact) mass is 267 g/mol. The van der Waals surface area contributed by atoms with Crippen LogP contribution in [0.3, 0.4) is 0 Å². The van der Waals surface area contributed by atoms with Crippen molar-refractivity contribution >= 4 is 11.3 Å². The van der Waals surface area contributed by atoms with Crippen LogP contribution in [0.5, 0.6) is 0 Å². The highest BCUT2D eigenvalue weighted by Crippen LogP contribution is 2.28. The lowest BCUT2D eigenvalue weighted by Gasteiger charge is -2.35. The first-order valence-electron chi connectivity index (χ1n) is 6.80. The van der Waals surface area contributed by atoms with E-state index in [1.165, 1.54) is 10.4 Å². The average Bonchev–Trinajstić information content (AvgIpc) is 2.63. The summed E-state index contributed by atoms with van der Waals surface area (Å²) in [5, 5.41) is 2.31. The number of nitrogens with zero attached hydrogens (tertiary/aromatic N) is 1. The smallest absolute Gasteiger partial charge is 0.0678 e. The zero-order valence-corrected chi connectivity index (χ0v) is 13.0. The Balaban J connectivity index is 1.99. The molecule has 0 spiro atoms. The molecule has 1 fully saturated rings. The van der Waals surface area contributed by atoms with E-state index in [9.17, 15) is 0 Å². The fraction of sp³-hybridized carbons (Fsp3) is 0.733. The predicted octanol–water partition coefficient (Wildman–Crippen LogP) is 3.65. The van der Waals surface area contributed by atoms with Gasteiger partial charge in [-0.15, -0.1) is 11.3 Å². The highest BCUT2D eigenvalue weighted by Gasteiger charge is 2.23. The number of hydrogen-bond donors (Lipinski definition) is 0. The van der Waals surface area contributed by atoms with Gasteiger partial charge in [0.2, 0.25) is 0 Å². The molecular formula is C15H25NOS. The standard InChI is InChI=1S/C15H25NOS/c1-11-7-16(8-12(2)17-11)9-14-6-13(10-18-14)15(3,4)5/h6,10-12H,7-9H2,1-5H3/t11-,12+. The summed E-state index contributed by atoms with van der Waals surface area (Å²) >= 11 is 1.89. The fourth-order valence-corrected chi connectivity index (χ4v) is 3.64. The molecule has 3 heteroatoms. The normalized spacial score (nSPS) is 26.5. The molecule has 2 heterocycles. The van der Waals surface area contributed by atoms with Crippen molar-refractivity contribution in [3.8, 4) is 0 Å². The molecule has 1 aliphatic rings. The van der Waals surface area contributed by atoms with Crippen molar-refractivity contribution in [3.63, 3.8) is 0 Å². The van der Waals surface area contributed by atoms with Gasteiger partial charge in [0.05, 0.1) is 12.2 Å². The second-order valence-corrected chi connectivity index (χ2v) is 7.50. The molecule has 2 nitrogen and oxygen atoms in total.